The lowest BCUT2D eigenvalue weighted by atomic mass is 10.1. The third kappa shape index (κ3) is 3.61. The summed E-state index contributed by atoms with van der Waals surface area (Å²) < 4.78 is 0.897. The maximum absolute atomic E-state index is 11.9. The second kappa shape index (κ2) is 5.66. The predicted octanol–water partition coefficient (Wildman–Crippen LogP) is 3.63. The van der Waals surface area contributed by atoms with E-state index >= 15 is 0 Å². The lowest BCUT2D eigenvalue weighted by molar-refractivity contribution is 0.0793. The molecule has 0 N–H and O–H groups in total. The van der Waals surface area contributed by atoms with Crippen molar-refractivity contribution in [1.82, 2.24) is 4.90 Å². The molecule has 0 saturated heterocycles. The van der Waals surface area contributed by atoms with E-state index in [4.69, 9.17) is 0 Å². The molecule has 1 heterocycles. The molecule has 84 valence electrons. The Hall–Kier alpha value is -0.350. The number of thiophene rings is 1. The van der Waals surface area contributed by atoms with E-state index in [-0.39, 0.29) is 5.91 Å². The van der Waals surface area contributed by atoms with Gasteiger partial charge in [-0.05, 0) is 39.7 Å². The highest BCUT2D eigenvalue weighted by molar-refractivity contribution is 9.10. The van der Waals surface area contributed by atoms with Crippen LogP contribution >= 0.6 is 27.3 Å². The first-order chi connectivity index (χ1) is 7.02. The monoisotopic (exact) mass is 289 g/mol. The molecule has 0 aliphatic rings. The van der Waals surface area contributed by atoms with Gasteiger partial charge in [-0.3, -0.25) is 4.79 Å². The summed E-state index contributed by atoms with van der Waals surface area (Å²) in [4.78, 5) is 14.5. The molecule has 0 saturated carbocycles. The first kappa shape index (κ1) is 12.7. The number of nitrogens with zero attached hydrogens (tertiary/aromatic N) is 1. The Morgan fingerprint density at radius 2 is 2.27 bits per heavy atom. The smallest absolute Gasteiger partial charge is 0.264 e. The molecule has 0 radical (unpaired) electrons. The Balaban J connectivity index is 2.57. The van der Waals surface area contributed by atoms with E-state index in [1.54, 1.807) is 4.90 Å². The van der Waals surface area contributed by atoms with E-state index < -0.39 is 0 Å². The molecule has 4 heteroatoms. The third-order valence-electron chi connectivity index (χ3n) is 2.20. The molecule has 1 rings (SSSR count). The van der Waals surface area contributed by atoms with Gasteiger partial charge in [-0.1, -0.05) is 13.8 Å². The number of halogens is 1. The maximum Gasteiger partial charge on any atom is 0.264 e. The fraction of sp³-hybridized carbons (Fsp3) is 0.545. The van der Waals surface area contributed by atoms with Gasteiger partial charge in [0, 0.05) is 18.1 Å². The van der Waals surface area contributed by atoms with Crippen LogP contribution in [0.15, 0.2) is 15.9 Å². The van der Waals surface area contributed by atoms with E-state index in [1.165, 1.54) is 11.3 Å². The van der Waals surface area contributed by atoms with Crippen LogP contribution in [0.2, 0.25) is 0 Å². The Kier molecular flexibility index (Phi) is 4.80. The van der Waals surface area contributed by atoms with E-state index in [0.29, 0.717) is 5.92 Å². The second-order valence-corrected chi connectivity index (χ2v) is 5.78. The molecule has 0 bridgehead atoms. The predicted molar refractivity (Wildman–Crippen MR) is 68.4 cm³/mol. The van der Waals surface area contributed by atoms with Crippen molar-refractivity contribution in [2.45, 2.75) is 20.3 Å². The van der Waals surface area contributed by atoms with Crippen molar-refractivity contribution in [1.29, 1.82) is 0 Å². The van der Waals surface area contributed by atoms with Gasteiger partial charge in [-0.25, -0.2) is 0 Å². The van der Waals surface area contributed by atoms with E-state index in [0.717, 1.165) is 22.3 Å². The Morgan fingerprint density at radius 3 is 2.73 bits per heavy atom. The van der Waals surface area contributed by atoms with Crippen molar-refractivity contribution in [2.24, 2.45) is 5.92 Å². The molecule has 2 nitrogen and oxygen atoms in total. The summed E-state index contributed by atoms with van der Waals surface area (Å²) in [6.07, 6.45) is 1.05. The lowest BCUT2D eigenvalue weighted by Crippen LogP contribution is -2.28. The second-order valence-electron chi connectivity index (χ2n) is 4.01. The number of hydrogen-bond donors (Lipinski definition) is 0. The van der Waals surface area contributed by atoms with Crippen LogP contribution < -0.4 is 0 Å². The minimum Gasteiger partial charge on any atom is -0.341 e. The molecule has 0 unspecified atom stereocenters. The lowest BCUT2D eigenvalue weighted by Gasteiger charge is -2.17. The van der Waals surface area contributed by atoms with E-state index in [1.807, 2.05) is 18.5 Å². The zero-order valence-electron chi connectivity index (χ0n) is 9.29. The van der Waals surface area contributed by atoms with Crippen molar-refractivity contribution >= 4 is 33.2 Å². The average Bonchev–Trinajstić information content (AvgIpc) is 2.59. The normalized spacial score (nSPS) is 10.7. The van der Waals surface area contributed by atoms with Crippen LogP contribution in [0, 0.1) is 5.92 Å². The zero-order chi connectivity index (χ0) is 11.4. The van der Waals surface area contributed by atoms with Crippen LogP contribution in [0.1, 0.15) is 29.9 Å². The van der Waals surface area contributed by atoms with Crippen molar-refractivity contribution in [3.63, 3.8) is 0 Å². The summed E-state index contributed by atoms with van der Waals surface area (Å²) in [6.45, 7) is 5.15. The van der Waals surface area contributed by atoms with Crippen LogP contribution in [0.4, 0.5) is 0 Å². The van der Waals surface area contributed by atoms with Crippen molar-refractivity contribution in [2.75, 3.05) is 13.6 Å². The van der Waals surface area contributed by atoms with Gasteiger partial charge in [0.2, 0.25) is 0 Å². The van der Waals surface area contributed by atoms with Gasteiger partial charge in [0.1, 0.15) is 4.88 Å². The maximum atomic E-state index is 11.9. The Bertz CT molecular complexity index is 335. The fourth-order valence-corrected chi connectivity index (χ4v) is 2.71. The highest BCUT2D eigenvalue weighted by Gasteiger charge is 2.15. The van der Waals surface area contributed by atoms with Gasteiger partial charge >= 0.3 is 0 Å². The van der Waals surface area contributed by atoms with Gasteiger partial charge in [0.05, 0.1) is 0 Å². The number of hydrogen-bond acceptors (Lipinski definition) is 2. The number of amides is 1. The topological polar surface area (TPSA) is 20.3 Å². The van der Waals surface area contributed by atoms with Gasteiger partial charge in [0.25, 0.3) is 5.91 Å². The number of carbonyl (C=O) groups is 1. The molecule has 0 atom stereocenters. The number of rotatable bonds is 4. The van der Waals surface area contributed by atoms with Gasteiger partial charge < -0.3 is 4.90 Å². The van der Waals surface area contributed by atoms with Crippen LogP contribution in [0.25, 0.3) is 0 Å². The first-order valence-corrected chi connectivity index (χ1v) is 6.68. The SMILES string of the molecule is CC(C)CCN(C)C(=O)c1sccc1Br. The summed E-state index contributed by atoms with van der Waals surface area (Å²) in [5, 5.41) is 1.92. The van der Waals surface area contributed by atoms with Crippen LogP contribution in [0.5, 0.6) is 0 Å². The summed E-state index contributed by atoms with van der Waals surface area (Å²) in [5.41, 5.74) is 0. The molecule has 1 aromatic rings. The first-order valence-electron chi connectivity index (χ1n) is 5.00. The highest BCUT2D eigenvalue weighted by atomic mass is 79.9. The molecular weight excluding hydrogens is 274 g/mol. The molecule has 1 aromatic heterocycles. The van der Waals surface area contributed by atoms with Crippen LogP contribution in [-0.4, -0.2) is 24.4 Å². The molecule has 15 heavy (non-hydrogen) atoms. The van der Waals surface area contributed by atoms with E-state index in [9.17, 15) is 4.79 Å². The molecule has 0 aliphatic carbocycles. The van der Waals surface area contributed by atoms with Crippen molar-refractivity contribution in [3.8, 4) is 0 Å². The van der Waals surface area contributed by atoms with Crippen molar-refractivity contribution in [3.05, 3.63) is 20.8 Å². The minimum absolute atomic E-state index is 0.109. The Morgan fingerprint density at radius 1 is 1.60 bits per heavy atom. The van der Waals surface area contributed by atoms with Crippen LogP contribution in [0.3, 0.4) is 0 Å². The summed E-state index contributed by atoms with van der Waals surface area (Å²) in [5.74, 6) is 0.740. The van der Waals surface area contributed by atoms with Crippen molar-refractivity contribution < 1.29 is 4.79 Å². The minimum atomic E-state index is 0.109. The largest absolute Gasteiger partial charge is 0.341 e. The standard InChI is InChI=1S/C11H16BrNOS/c1-8(2)4-6-13(3)11(14)10-9(12)5-7-15-10/h5,7-8H,4,6H2,1-3H3. The molecule has 0 fully saturated rings. The average molecular weight is 290 g/mol. The molecule has 1 amide bonds. The summed E-state index contributed by atoms with van der Waals surface area (Å²) in [6, 6.07) is 1.91. The quantitative estimate of drug-likeness (QED) is 0.829. The van der Waals surface area contributed by atoms with Gasteiger partial charge in [-0.2, -0.15) is 0 Å². The summed E-state index contributed by atoms with van der Waals surface area (Å²) in [7, 11) is 1.86. The molecular formula is C11H16BrNOS. The zero-order valence-corrected chi connectivity index (χ0v) is 11.7. The number of carbonyl (C=O) groups excluding carboxylic acids is 1. The summed E-state index contributed by atoms with van der Waals surface area (Å²) >= 11 is 4.86. The highest BCUT2D eigenvalue weighted by Crippen LogP contribution is 2.23. The van der Waals surface area contributed by atoms with E-state index in [2.05, 4.69) is 29.8 Å². The molecule has 0 aromatic carbocycles. The third-order valence-corrected chi connectivity index (χ3v) is 4.03. The molecule has 0 spiro atoms. The molecule has 0 aliphatic heterocycles. The van der Waals surface area contributed by atoms with Crippen LogP contribution in [-0.2, 0) is 0 Å². The van der Waals surface area contributed by atoms with Gasteiger partial charge in [0.15, 0.2) is 0 Å². The van der Waals surface area contributed by atoms with Gasteiger partial charge in [-0.15, -0.1) is 11.3 Å². The fourth-order valence-electron chi connectivity index (χ4n) is 1.17. The Labute approximate surface area is 103 Å².